The second kappa shape index (κ2) is 5.88. The summed E-state index contributed by atoms with van der Waals surface area (Å²) in [6, 6.07) is 7.77. The number of fused-ring (bicyclic) bond motifs is 1. The molecule has 1 heterocycles. The summed E-state index contributed by atoms with van der Waals surface area (Å²) in [6.07, 6.45) is 1.66. The fourth-order valence-corrected chi connectivity index (χ4v) is 2.53. The van der Waals surface area contributed by atoms with Crippen LogP contribution in [0.4, 0.5) is 5.69 Å². The Morgan fingerprint density at radius 3 is 2.67 bits per heavy atom. The van der Waals surface area contributed by atoms with Crippen molar-refractivity contribution in [1.82, 2.24) is 0 Å². The van der Waals surface area contributed by atoms with Gasteiger partial charge in [-0.1, -0.05) is 25.1 Å². The largest absolute Gasteiger partial charge is 0.459 e. The molecule has 1 aliphatic heterocycles. The van der Waals surface area contributed by atoms with Crippen LogP contribution in [0.15, 0.2) is 24.3 Å². The van der Waals surface area contributed by atoms with Crippen LogP contribution >= 0.6 is 0 Å². The van der Waals surface area contributed by atoms with Gasteiger partial charge in [0.15, 0.2) is 0 Å². The van der Waals surface area contributed by atoms with Gasteiger partial charge < -0.3 is 9.64 Å². The van der Waals surface area contributed by atoms with Gasteiger partial charge in [0.1, 0.15) is 12.1 Å². The summed E-state index contributed by atoms with van der Waals surface area (Å²) in [5, 5.41) is 0. The third-order valence-corrected chi connectivity index (χ3v) is 3.52. The zero-order valence-electron chi connectivity index (χ0n) is 13.2. The minimum Gasteiger partial charge on any atom is -0.459 e. The molecule has 0 bridgehead atoms. The number of hydrogen-bond donors (Lipinski definition) is 0. The lowest BCUT2D eigenvalue weighted by atomic mass is 10.0. The number of carbonyl (C=O) groups is 2. The standard InChI is InChI=1S/C17H23NO3/c1-12-9-10-13-7-5-6-8-14(13)18(16(12)20)11-15(19)21-17(2,3)4/h5-8,12H,9-11H2,1-4H3/t12-/m0/s1. The van der Waals surface area contributed by atoms with E-state index in [1.807, 2.05) is 52.0 Å². The van der Waals surface area contributed by atoms with Crippen LogP contribution in [0, 0.1) is 5.92 Å². The molecule has 0 unspecified atom stereocenters. The molecule has 0 saturated carbocycles. The molecule has 21 heavy (non-hydrogen) atoms. The summed E-state index contributed by atoms with van der Waals surface area (Å²) >= 11 is 0. The van der Waals surface area contributed by atoms with Gasteiger partial charge in [-0.2, -0.15) is 0 Å². The van der Waals surface area contributed by atoms with Crippen LogP contribution in [-0.4, -0.2) is 24.0 Å². The van der Waals surface area contributed by atoms with Crippen LogP contribution in [0.5, 0.6) is 0 Å². The van der Waals surface area contributed by atoms with Gasteiger partial charge in [-0.15, -0.1) is 0 Å². The average Bonchev–Trinajstić information content (AvgIpc) is 2.49. The van der Waals surface area contributed by atoms with Gasteiger partial charge in [-0.25, -0.2) is 0 Å². The third-order valence-electron chi connectivity index (χ3n) is 3.52. The summed E-state index contributed by atoms with van der Waals surface area (Å²) in [5.74, 6) is -0.467. The number of esters is 1. The lowest BCUT2D eigenvalue weighted by Crippen LogP contribution is -2.40. The highest BCUT2D eigenvalue weighted by Gasteiger charge is 2.30. The van der Waals surface area contributed by atoms with Crippen LogP contribution in [0.3, 0.4) is 0 Å². The Labute approximate surface area is 126 Å². The van der Waals surface area contributed by atoms with Gasteiger partial charge in [0.25, 0.3) is 0 Å². The van der Waals surface area contributed by atoms with Crippen molar-refractivity contribution in [2.24, 2.45) is 5.92 Å². The van der Waals surface area contributed by atoms with Crippen molar-refractivity contribution >= 4 is 17.6 Å². The first kappa shape index (κ1) is 15.5. The molecule has 4 nitrogen and oxygen atoms in total. The number of para-hydroxylation sites is 1. The van der Waals surface area contributed by atoms with Gasteiger partial charge in [0.2, 0.25) is 5.91 Å². The minimum absolute atomic E-state index is 0.00851. The molecule has 0 N–H and O–H groups in total. The predicted molar refractivity (Wildman–Crippen MR) is 82.1 cm³/mol. The minimum atomic E-state index is -0.545. The highest BCUT2D eigenvalue weighted by Crippen LogP contribution is 2.29. The fraction of sp³-hybridized carbons (Fsp3) is 0.529. The number of carbonyl (C=O) groups excluding carboxylic acids is 2. The van der Waals surface area contributed by atoms with E-state index in [9.17, 15) is 9.59 Å². The molecule has 1 aliphatic rings. The summed E-state index contributed by atoms with van der Waals surface area (Å²) in [6.45, 7) is 7.36. The van der Waals surface area contributed by atoms with E-state index in [-0.39, 0.29) is 24.3 Å². The Bertz CT molecular complexity index is 545. The molecule has 114 valence electrons. The van der Waals surface area contributed by atoms with Crippen molar-refractivity contribution in [2.45, 2.75) is 46.1 Å². The predicted octanol–water partition coefficient (Wildman–Crippen LogP) is 2.94. The topological polar surface area (TPSA) is 46.6 Å². The molecular formula is C17H23NO3. The summed E-state index contributed by atoms with van der Waals surface area (Å²) in [7, 11) is 0. The number of amides is 1. The second-order valence-electron chi connectivity index (χ2n) is 6.58. The first-order valence-corrected chi connectivity index (χ1v) is 7.39. The van der Waals surface area contributed by atoms with Crippen LogP contribution in [0.1, 0.15) is 39.7 Å². The van der Waals surface area contributed by atoms with Gasteiger partial charge in [-0.05, 0) is 45.2 Å². The average molecular weight is 289 g/mol. The van der Waals surface area contributed by atoms with E-state index in [1.54, 1.807) is 4.90 Å². The Morgan fingerprint density at radius 2 is 2.00 bits per heavy atom. The van der Waals surface area contributed by atoms with E-state index in [0.717, 1.165) is 24.1 Å². The van der Waals surface area contributed by atoms with Gasteiger partial charge >= 0.3 is 5.97 Å². The number of rotatable bonds is 2. The quantitative estimate of drug-likeness (QED) is 0.786. The molecule has 0 aliphatic carbocycles. The first-order chi connectivity index (χ1) is 9.78. The SMILES string of the molecule is C[C@H]1CCc2ccccc2N(CC(=O)OC(C)(C)C)C1=O. The smallest absolute Gasteiger partial charge is 0.326 e. The second-order valence-corrected chi connectivity index (χ2v) is 6.58. The zero-order chi connectivity index (χ0) is 15.6. The van der Waals surface area contributed by atoms with Crippen LogP contribution in [0.25, 0.3) is 0 Å². The zero-order valence-corrected chi connectivity index (χ0v) is 13.2. The van der Waals surface area contributed by atoms with E-state index in [0.29, 0.717) is 0 Å². The number of ether oxygens (including phenoxy) is 1. The molecule has 2 rings (SSSR count). The van der Waals surface area contributed by atoms with E-state index >= 15 is 0 Å². The Balaban J connectivity index is 2.26. The van der Waals surface area contributed by atoms with Crippen LogP contribution in [-0.2, 0) is 20.7 Å². The van der Waals surface area contributed by atoms with E-state index < -0.39 is 5.60 Å². The number of nitrogens with zero attached hydrogens (tertiary/aromatic N) is 1. The molecular weight excluding hydrogens is 266 g/mol. The molecule has 4 heteroatoms. The van der Waals surface area contributed by atoms with E-state index in [2.05, 4.69) is 0 Å². The van der Waals surface area contributed by atoms with Crippen LogP contribution in [0.2, 0.25) is 0 Å². The van der Waals surface area contributed by atoms with Crippen molar-refractivity contribution in [1.29, 1.82) is 0 Å². The highest BCUT2D eigenvalue weighted by molar-refractivity contribution is 6.00. The Kier molecular flexibility index (Phi) is 4.35. The van der Waals surface area contributed by atoms with Crippen molar-refractivity contribution < 1.29 is 14.3 Å². The number of benzene rings is 1. The maximum absolute atomic E-state index is 12.5. The Morgan fingerprint density at radius 1 is 1.33 bits per heavy atom. The lowest BCUT2D eigenvalue weighted by Gasteiger charge is -2.26. The number of aryl methyl sites for hydroxylation is 1. The van der Waals surface area contributed by atoms with E-state index in [4.69, 9.17) is 4.74 Å². The molecule has 1 atom stereocenters. The van der Waals surface area contributed by atoms with Crippen LogP contribution < -0.4 is 4.90 Å². The van der Waals surface area contributed by atoms with Crippen molar-refractivity contribution in [3.05, 3.63) is 29.8 Å². The van der Waals surface area contributed by atoms with Gasteiger partial charge in [-0.3, -0.25) is 9.59 Å². The number of anilines is 1. The van der Waals surface area contributed by atoms with Crippen molar-refractivity contribution in [2.75, 3.05) is 11.4 Å². The molecule has 1 aromatic carbocycles. The molecule has 0 saturated heterocycles. The maximum atomic E-state index is 12.5. The fourth-order valence-electron chi connectivity index (χ4n) is 2.53. The van der Waals surface area contributed by atoms with Crippen molar-refractivity contribution in [3.63, 3.8) is 0 Å². The third kappa shape index (κ3) is 3.84. The monoisotopic (exact) mass is 289 g/mol. The van der Waals surface area contributed by atoms with Gasteiger partial charge in [0, 0.05) is 11.6 Å². The first-order valence-electron chi connectivity index (χ1n) is 7.39. The molecule has 0 radical (unpaired) electrons. The lowest BCUT2D eigenvalue weighted by molar-refractivity contribution is -0.153. The number of hydrogen-bond acceptors (Lipinski definition) is 3. The molecule has 1 amide bonds. The molecule has 0 spiro atoms. The highest BCUT2D eigenvalue weighted by atomic mass is 16.6. The summed E-state index contributed by atoms with van der Waals surface area (Å²) in [4.78, 5) is 26.2. The molecule has 0 aromatic heterocycles. The normalized spacial score (nSPS) is 19.0. The maximum Gasteiger partial charge on any atom is 0.326 e. The molecule has 1 aromatic rings. The van der Waals surface area contributed by atoms with Gasteiger partial charge in [0.05, 0.1) is 0 Å². The Hall–Kier alpha value is -1.84. The molecule has 0 fully saturated rings. The summed E-state index contributed by atoms with van der Waals surface area (Å²) in [5.41, 5.74) is 1.40. The van der Waals surface area contributed by atoms with E-state index in [1.165, 1.54) is 0 Å². The summed E-state index contributed by atoms with van der Waals surface area (Å²) < 4.78 is 5.35. The van der Waals surface area contributed by atoms with Crippen molar-refractivity contribution in [3.8, 4) is 0 Å².